The van der Waals surface area contributed by atoms with E-state index in [1.807, 2.05) is 0 Å². The van der Waals surface area contributed by atoms with Gasteiger partial charge in [-0.25, -0.2) is 15.0 Å². The van der Waals surface area contributed by atoms with Gasteiger partial charge in [-0.1, -0.05) is 6.92 Å². The molecule has 1 atom stereocenters. The number of ether oxygens (including phenoxy) is 1. The van der Waals surface area contributed by atoms with E-state index in [9.17, 15) is 4.57 Å². The Morgan fingerprint density at radius 3 is 2.71 bits per heavy atom. The van der Waals surface area contributed by atoms with E-state index in [0.717, 1.165) is 0 Å². The van der Waals surface area contributed by atoms with Gasteiger partial charge in [0.25, 0.3) is 0 Å². The molecule has 0 radical (unpaired) electrons. The molecule has 0 spiro atoms. The fourth-order valence-electron chi connectivity index (χ4n) is 2.00. The van der Waals surface area contributed by atoms with Crippen LogP contribution >= 0.6 is 7.60 Å². The van der Waals surface area contributed by atoms with Crippen molar-refractivity contribution in [1.82, 2.24) is 19.5 Å². The SMILES string of the molecule is CCC(CN)(OCP(=O)(O)O)n1cnc2c(N)ncnc21. The molecular formula is C10H17N6O4P. The molecule has 0 aliphatic heterocycles. The first-order valence-corrected chi connectivity index (χ1v) is 7.95. The van der Waals surface area contributed by atoms with Crippen LogP contribution < -0.4 is 11.5 Å². The summed E-state index contributed by atoms with van der Waals surface area (Å²) < 4.78 is 18.0. The smallest absolute Gasteiger partial charge is 0.351 e. The standard InChI is InChI=1S/C10H17N6O4P/c1-2-10(3-11,20-6-21(17,18)19)16-5-15-7-8(12)13-4-14-9(7)16/h4-5H,2-3,6,11H2,1H3,(H2,12,13,14)(H2,17,18,19). The van der Waals surface area contributed by atoms with Gasteiger partial charge in [-0.15, -0.1) is 0 Å². The molecule has 2 aromatic rings. The van der Waals surface area contributed by atoms with Crippen molar-refractivity contribution in [2.24, 2.45) is 5.73 Å². The molecule has 0 aliphatic rings. The number of aromatic nitrogens is 4. The summed E-state index contributed by atoms with van der Waals surface area (Å²) in [5, 5.41) is 0. The van der Waals surface area contributed by atoms with Gasteiger partial charge in [0.05, 0.1) is 6.33 Å². The molecule has 0 aromatic carbocycles. The molecule has 2 heterocycles. The number of hydrogen-bond acceptors (Lipinski definition) is 7. The number of hydrogen-bond donors (Lipinski definition) is 4. The van der Waals surface area contributed by atoms with E-state index in [0.29, 0.717) is 17.6 Å². The summed E-state index contributed by atoms with van der Waals surface area (Å²) in [4.78, 5) is 30.0. The molecule has 0 bridgehead atoms. The molecule has 2 rings (SSSR count). The van der Waals surface area contributed by atoms with Crippen molar-refractivity contribution in [2.45, 2.75) is 19.1 Å². The molecule has 21 heavy (non-hydrogen) atoms. The van der Waals surface area contributed by atoms with Crippen LogP contribution in [0, 0.1) is 0 Å². The molecule has 0 amide bonds. The lowest BCUT2D eigenvalue weighted by molar-refractivity contribution is -0.0853. The van der Waals surface area contributed by atoms with Crippen molar-refractivity contribution in [3.8, 4) is 0 Å². The second kappa shape index (κ2) is 5.66. The van der Waals surface area contributed by atoms with Crippen LogP contribution in [-0.2, 0) is 15.0 Å². The van der Waals surface area contributed by atoms with E-state index in [1.54, 1.807) is 6.92 Å². The zero-order valence-electron chi connectivity index (χ0n) is 11.4. The topological polar surface area (TPSA) is 162 Å². The predicted molar refractivity (Wildman–Crippen MR) is 75.1 cm³/mol. The summed E-state index contributed by atoms with van der Waals surface area (Å²) in [7, 11) is -4.33. The van der Waals surface area contributed by atoms with Crippen molar-refractivity contribution in [1.29, 1.82) is 0 Å². The Kier molecular flexibility index (Phi) is 4.26. The molecule has 0 fully saturated rings. The summed E-state index contributed by atoms with van der Waals surface area (Å²) in [6.45, 7) is 1.77. The highest BCUT2D eigenvalue weighted by Crippen LogP contribution is 2.38. The summed E-state index contributed by atoms with van der Waals surface area (Å²) in [6.07, 6.45) is 2.30. The van der Waals surface area contributed by atoms with E-state index in [1.165, 1.54) is 17.2 Å². The molecule has 0 saturated carbocycles. The molecule has 11 heteroatoms. The average molecular weight is 316 g/mol. The number of nitrogens with zero attached hydrogens (tertiary/aromatic N) is 4. The molecule has 1 unspecified atom stereocenters. The van der Waals surface area contributed by atoms with Gasteiger partial charge in [-0.05, 0) is 6.42 Å². The van der Waals surface area contributed by atoms with Crippen LogP contribution in [-0.4, -0.2) is 42.2 Å². The van der Waals surface area contributed by atoms with Gasteiger partial charge < -0.3 is 26.0 Å². The Bertz CT molecular complexity index is 679. The Morgan fingerprint density at radius 2 is 2.14 bits per heavy atom. The number of anilines is 1. The van der Waals surface area contributed by atoms with Crippen LogP contribution in [0.4, 0.5) is 5.82 Å². The number of fused-ring (bicyclic) bond motifs is 1. The first-order valence-electron chi connectivity index (χ1n) is 6.15. The first-order chi connectivity index (χ1) is 9.83. The van der Waals surface area contributed by atoms with E-state index in [2.05, 4.69) is 15.0 Å². The molecule has 6 N–H and O–H groups in total. The van der Waals surface area contributed by atoms with Crippen LogP contribution in [0.1, 0.15) is 13.3 Å². The maximum Gasteiger partial charge on any atom is 0.351 e. The van der Waals surface area contributed by atoms with Gasteiger partial charge in [0.2, 0.25) is 0 Å². The maximum absolute atomic E-state index is 11.1. The van der Waals surface area contributed by atoms with Gasteiger partial charge in [-0.3, -0.25) is 9.13 Å². The van der Waals surface area contributed by atoms with Crippen molar-refractivity contribution < 1.29 is 19.1 Å². The minimum atomic E-state index is -4.33. The number of rotatable bonds is 6. The minimum Gasteiger partial charge on any atom is -0.382 e. The monoisotopic (exact) mass is 316 g/mol. The van der Waals surface area contributed by atoms with Gasteiger partial charge in [0, 0.05) is 6.54 Å². The van der Waals surface area contributed by atoms with Crippen molar-refractivity contribution in [3.05, 3.63) is 12.7 Å². The number of nitrogen functional groups attached to an aromatic ring is 1. The van der Waals surface area contributed by atoms with Crippen LogP contribution in [0.15, 0.2) is 12.7 Å². The van der Waals surface area contributed by atoms with Crippen molar-refractivity contribution in [2.75, 3.05) is 18.6 Å². The van der Waals surface area contributed by atoms with Gasteiger partial charge in [0.1, 0.15) is 11.8 Å². The Morgan fingerprint density at radius 1 is 1.43 bits per heavy atom. The lowest BCUT2D eigenvalue weighted by atomic mass is 10.1. The van der Waals surface area contributed by atoms with Crippen LogP contribution in [0.25, 0.3) is 11.2 Å². The van der Waals surface area contributed by atoms with Crippen LogP contribution in [0.2, 0.25) is 0 Å². The predicted octanol–water partition coefficient (Wildman–Crippen LogP) is -0.418. The quantitative estimate of drug-likeness (QED) is 0.518. The highest BCUT2D eigenvalue weighted by Gasteiger charge is 2.34. The minimum absolute atomic E-state index is 0.0150. The first kappa shape index (κ1) is 15.8. The number of imidazole rings is 1. The van der Waals surface area contributed by atoms with Crippen molar-refractivity contribution in [3.63, 3.8) is 0 Å². The molecule has 2 aromatic heterocycles. The Balaban J connectivity index is 2.50. The molecule has 116 valence electrons. The van der Waals surface area contributed by atoms with E-state index in [-0.39, 0.29) is 12.4 Å². The summed E-state index contributed by atoms with van der Waals surface area (Å²) in [5.41, 5.74) is 11.1. The van der Waals surface area contributed by atoms with Crippen LogP contribution in [0.5, 0.6) is 0 Å². The van der Waals surface area contributed by atoms with Gasteiger partial charge in [-0.2, -0.15) is 0 Å². The highest BCUT2D eigenvalue weighted by atomic mass is 31.2. The fraction of sp³-hybridized carbons (Fsp3) is 0.500. The second-order valence-electron chi connectivity index (χ2n) is 4.49. The third-order valence-electron chi connectivity index (χ3n) is 3.17. The Labute approximate surface area is 120 Å². The van der Waals surface area contributed by atoms with E-state index < -0.39 is 19.7 Å². The third kappa shape index (κ3) is 3.04. The largest absolute Gasteiger partial charge is 0.382 e. The van der Waals surface area contributed by atoms with E-state index >= 15 is 0 Å². The molecule has 0 aliphatic carbocycles. The average Bonchev–Trinajstić information content (AvgIpc) is 2.86. The zero-order chi connectivity index (χ0) is 15.7. The summed E-state index contributed by atoms with van der Waals surface area (Å²) in [6, 6.07) is 0. The molecular weight excluding hydrogens is 299 g/mol. The molecule has 0 saturated heterocycles. The zero-order valence-corrected chi connectivity index (χ0v) is 12.3. The Hall–Kier alpha value is -1.58. The van der Waals surface area contributed by atoms with Gasteiger partial charge in [0.15, 0.2) is 23.5 Å². The van der Waals surface area contributed by atoms with E-state index in [4.69, 9.17) is 26.0 Å². The van der Waals surface area contributed by atoms with Crippen LogP contribution in [0.3, 0.4) is 0 Å². The normalized spacial score (nSPS) is 15.2. The lowest BCUT2D eigenvalue weighted by Gasteiger charge is -2.33. The summed E-state index contributed by atoms with van der Waals surface area (Å²) in [5.74, 6) is 0.204. The third-order valence-corrected chi connectivity index (χ3v) is 3.64. The summed E-state index contributed by atoms with van der Waals surface area (Å²) >= 11 is 0. The van der Waals surface area contributed by atoms with Gasteiger partial charge >= 0.3 is 7.60 Å². The highest BCUT2D eigenvalue weighted by molar-refractivity contribution is 7.51. The van der Waals surface area contributed by atoms with Crippen molar-refractivity contribution >= 4 is 24.6 Å². The lowest BCUT2D eigenvalue weighted by Crippen LogP contribution is -2.43. The maximum atomic E-state index is 11.1. The molecule has 10 nitrogen and oxygen atoms in total. The number of nitrogens with two attached hydrogens (primary N) is 2. The fourth-order valence-corrected chi connectivity index (χ4v) is 2.41. The second-order valence-corrected chi connectivity index (χ2v) is 6.08.